The number of thiophene rings is 1. The van der Waals surface area contributed by atoms with Crippen molar-refractivity contribution in [3.63, 3.8) is 0 Å². The maximum atomic E-state index is 9.12. The molecule has 2 heterocycles. The molecular formula is C14H18N2OS. The van der Waals surface area contributed by atoms with Gasteiger partial charge in [-0.1, -0.05) is 12.1 Å². The zero-order valence-corrected chi connectivity index (χ0v) is 11.6. The van der Waals surface area contributed by atoms with E-state index >= 15 is 0 Å². The topological polar surface area (TPSA) is 36.4 Å². The zero-order valence-electron chi connectivity index (χ0n) is 10.8. The fraction of sp³-hybridized carbons (Fsp3) is 0.357. The number of pyridine rings is 1. The van der Waals surface area contributed by atoms with E-state index in [2.05, 4.69) is 27.4 Å². The molecule has 4 heteroatoms. The maximum Gasteiger partial charge on any atom is 0.128 e. The van der Waals surface area contributed by atoms with Crippen LogP contribution in [0.15, 0.2) is 29.6 Å². The predicted octanol–water partition coefficient (Wildman–Crippen LogP) is 2.62. The van der Waals surface area contributed by atoms with Gasteiger partial charge in [0.05, 0.1) is 6.61 Å². The molecule has 0 fully saturated rings. The van der Waals surface area contributed by atoms with Gasteiger partial charge in [-0.25, -0.2) is 4.98 Å². The maximum absolute atomic E-state index is 9.12. The summed E-state index contributed by atoms with van der Waals surface area (Å²) in [6.07, 6.45) is 1.04. The van der Waals surface area contributed by atoms with Crippen LogP contribution in [0.5, 0.6) is 0 Å². The van der Waals surface area contributed by atoms with E-state index in [0.717, 1.165) is 30.0 Å². The van der Waals surface area contributed by atoms with E-state index in [1.165, 1.54) is 4.88 Å². The number of anilines is 1. The van der Waals surface area contributed by atoms with Crippen LogP contribution >= 0.6 is 11.3 Å². The Morgan fingerprint density at radius 3 is 2.78 bits per heavy atom. The average Bonchev–Trinajstić information content (AvgIpc) is 2.89. The number of likely N-dealkylation sites (N-methyl/N-ethyl adjacent to an activating group) is 1. The first-order valence-corrected chi connectivity index (χ1v) is 6.89. The van der Waals surface area contributed by atoms with Gasteiger partial charge in [0, 0.05) is 24.2 Å². The van der Waals surface area contributed by atoms with E-state index in [-0.39, 0.29) is 6.61 Å². The van der Waals surface area contributed by atoms with E-state index in [1.807, 2.05) is 26.1 Å². The summed E-state index contributed by atoms with van der Waals surface area (Å²) in [5.74, 6) is 0.959. The van der Waals surface area contributed by atoms with Crippen LogP contribution in [-0.2, 0) is 13.0 Å². The molecule has 2 aromatic heterocycles. The van der Waals surface area contributed by atoms with Crippen LogP contribution in [0.1, 0.15) is 16.1 Å². The van der Waals surface area contributed by atoms with Crippen molar-refractivity contribution in [3.05, 3.63) is 45.8 Å². The Labute approximate surface area is 112 Å². The molecule has 0 bridgehead atoms. The third kappa shape index (κ3) is 3.09. The zero-order chi connectivity index (χ0) is 13.0. The molecule has 0 spiro atoms. The molecule has 96 valence electrons. The van der Waals surface area contributed by atoms with Crippen LogP contribution in [0.4, 0.5) is 5.82 Å². The van der Waals surface area contributed by atoms with Gasteiger partial charge in [0.15, 0.2) is 0 Å². The van der Waals surface area contributed by atoms with Crippen molar-refractivity contribution in [2.45, 2.75) is 20.0 Å². The third-order valence-corrected chi connectivity index (χ3v) is 3.95. The summed E-state index contributed by atoms with van der Waals surface area (Å²) in [5.41, 5.74) is 1.79. The normalized spacial score (nSPS) is 10.6. The number of aryl methyl sites for hydroxylation is 1. The highest BCUT2D eigenvalue weighted by Crippen LogP contribution is 2.15. The number of rotatable bonds is 5. The van der Waals surface area contributed by atoms with Crippen LogP contribution in [-0.4, -0.2) is 23.7 Å². The minimum absolute atomic E-state index is 0.0536. The molecule has 0 aromatic carbocycles. The van der Waals surface area contributed by atoms with Crippen LogP contribution in [0.3, 0.4) is 0 Å². The number of aromatic nitrogens is 1. The lowest BCUT2D eigenvalue weighted by Crippen LogP contribution is -2.21. The Hall–Kier alpha value is -1.39. The molecule has 18 heavy (non-hydrogen) atoms. The van der Waals surface area contributed by atoms with Gasteiger partial charge in [-0.3, -0.25) is 0 Å². The van der Waals surface area contributed by atoms with Crippen molar-refractivity contribution < 1.29 is 5.11 Å². The molecule has 2 aromatic rings. The molecule has 0 aliphatic rings. The van der Waals surface area contributed by atoms with Crippen LogP contribution in [0.25, 0.3) is 0 Å². The molecule has 1 N–H and O–H groups in total. The van der Waals surface area contributed by atoms with E-state index in [9.17, 15) is 0 Å². The van der Waals surface area contributed by atoms with Gasteiger partial charge in [0.25, 0.3) is 0 Å². The summed E-state index contributed by atoms with van der Waals surface area (Å²) in [5, 5.41) is 11.2. The van der Waals surface area contributed by atoms with Crippen LogP contribution in [0.2, 0.25) is 0 Å². The molecule has 2 rings (SSSR count). The van der Waals surface area contributed by atoms with Crippen molar-refractivity contribution in [2.24, 2.45) is 0 Å². The molecule has 0 unspecified atom stereocenters. The molecule has 0 saturated carbocycles. The summed E-state index contributed by atoms with van der Waals surface area (Å²) < 4.78 is 0. The quantitative estimate of drug-likeness (QED) is 0.900. The molecule has 0 aliphatic carbocycles. The Balaban J connectivity index is 2.00. The van der Waals surface area contributed by atoms with Gasteiger partial charge < -0.3 is 10.0 Å². The number of hydrogen-bond acceptors (Lipinski definition) is 4. The second-order valence-corrected chi connectivity index (χ2v) is 5.36. The van der Waals surface area contributed by atoms with Gasteiger partial charge in [-0.2, -0.15) is 0 Å². The molecule has 0 atom stereocenters. The highest BCUT2D eigenvalue weighted by Gasteiger charge is 2.06. The lowest BCUT2D eigenvalue weighted by atomic mass is 10.2. The Morgan fingerprint density at radius 2 is 2.17 bits per heavy atom. The average molecular weight is 262 g/mol. The largest absolute Gasteiger partial charge is 0.392 e. The minimum atomic E-state index is 0.0536. The second kappa shape index (κ2) is 5.98. The Kier molecular flexibility index (Phi) is 4.33. The highest BCUT2D eigenvalue weighted by atomic mass is 32.1. The third-order valence-electron chi connectivity index (χ3n) is 3.02. The van der Waals surface area contributed by atoms with Crippen LogP contribution in [0, 0.1) is 6.92 Å². The Morgan fingerprint density at radius 1 is 1.33 bits per heavy atom. The number of aliphatic hydroxyl groups is 1. The standard InChI is InChI=1S/C14H18N2OS/c1-11-12(10-17)5-6-14(15-11)16(2)8-7-13-4-3-9-18-13/h3-6,9,17H,7-8,10H2,1-2H3. The molecule has 3 nitrogen and oxygen atoms in total. The number of aliphatic hydroxyl groups excluding tert-OH is 1. The summed E-state index contributed by atoms with van der Waals surface area (Å²) in [4.78, 5) is 8.05. The van der Waals surface area contributed by atoms with Gasteiger partial charge in [0.2, 0.25) is 0 Å². The predicted molar refractivity (Wildman–Crippen MR) is 76.2 cm³/mol. The fourth-order valence-electron chi connectivity index (χ4n) is 1.80. The van der Waals surface area contributed by atoms with Crippen LogP contribution < -0.4 is 4.90 Å². The molecule has 0 saturated heterocycles. The summed E-state index contributed by atoms with van der Waals surface area (Å²) >= 11 is 1.79. The first kappa shape index (κ1) is 13.1. The first-order valence-electron chi connectivity index (χ1n) is 6.01. The van der Waals surface area contributed by atoms with Gasteiger partial charge in [0.1, 0.15) is 5.82 Å². The molecule has 0 amide bonds. The molecular weight excluding hydrogens is 244 g/mol. The lowest BCUT2D eigenvalue weighted by Gasteiger charge is -2.18. The lowest BCUT2D eigenvalue weighted by molar-refractivity contribution is 0.280. The van der Waals surface area contributed by atoms with Crippen molar-refractivity contribution in [1.29, 1.82) is 0 Å². The summed E-state index contributed by atoms with van der Waals surface area (Å²) in [7, 11) is 2.05. The number of nitrogens with zero attached hydrogens (tertiary/aromatic N) is 2. The van der Waals surface area contributed by atoms with E-state index in [4.69, 9.17) is 5.11 Å². The van der Waals surface area contributed by atoms with E-state index < -0.39 is 0 Å². The van der Waals surface area contributed by atoms with Gasteiger partial charge in [-0.15, -0.1) is 11.3 Å². The van der Waals surface area contributed by atoms with Gasteiger partial charge >= 0.3 is 0 Å². The van der Waals surface area contributed by atoms with Crippen molar-refractivity contribution in [2.75, 3.05) is 18.5 Å². The molecule has 0 radical (unpaired) electrons. The fourth-order valence-corrected chi connectivity index (χ4v) is 2.50. The molecule has 0 aliphatic heterocycles. The highest BCUT2D eigenvalue weighted by molar-refractivity contribution is 7.09. The minimum Gasteiger partial charge on any atom is -0.392 e. The van der Waals surface area contributed by atoms with E-state index in [1.54, 1.807) is 11.3 Å². The monoisotopic (exact) mass is 262 g/mol. The second-order valence-electron chi connectivity index (χ2n) is 4.32. The van der Waals surface area contributed by atoms with Crippen molar-refractivity contribution in [1.82, 2.24) is 4.98 Å². The first-order chi connectivity index (χ1) is 8.70. The van der Waals surface area contributed by atoms with E-state index in [0.29, 0.717) is 0 Å². The van der Waals surface area contributed by atoms with Crippen molar-refractivity contribution >= 4 is 17.2 Å². The summed E-state index contributed by atoms with van der Waals surface area (Å²) in [6, 6.07) is 8.15. The Bertz CT molecular complexity index is 497. The number of hydrogen-bond donors (Lipinski definition) is 1. The summed E-state index contributed by atoms with van der Waals surface area (Å²) in [6.45, 7) is 2.94. The smallest absolute Gasteiger partial charge is 0.128 e. The van der Waals surface area contributed by atoms with Crippen molar-refractivity contribution in [3.8, 4) is 0 Å². The van der Waals surface area contributed by atoms with Gasteiger partial charge in [-0.05, 0) is 36.4 Å². The SMILES string of the molecule is Cc1nc(N(C)CCc2cccs2)ccc1CO.